The molecule has 2 N–H and O–H groups in total. The molecule has 25 heavy (non-hydrogen) atoms. The van der Waals surface area contributed by atoms with Crippen LogP contribution in [-0.2, 0) is 9.59 Å². The lowest BCUT2D eigenvalue weighted by atomic mass is 10.1. The Morgan fingerprint density at radius 2 is 2.16 bits per heavy atom. The van der Waals surface area contributed by atoms with Gasteiger partial charge in [-0.05, 0) is 6.07 Å². The Morgan fingerprint density at radius 1 is 1.32 bits per heavy atom. The molecule has 3 heterocycles. The van der Waals surface area contributed by atoms with Gasteiger partial charge in [-0.15, -0.1) is 11.3 Å². The Bertz CT molecular complexity index is 1000. The number of fused-ring (bicyclic) bond motifs is 1. The van der Waals surface area contributed by atoms with Crippen LogP contribution in [0.25, 0.3) is 22.2 Å². The van der Waals surface area contributed by atoms with Crippen LogP contribution >= 0.6 is 11.3 Å². The van der Waals surface area contributed by atoms with Gasteiger partial charge in [-0.1, -0.05) is 18.2 Å². The summed E-state index contributed by atoms with van der Waals surface area (Å²) in [4.78, 5) is 31.5. The minimum absolute atomic E-state index is 0.0904. The van der Waals surface area contributed by atoms with Crippen molar-refractivity contribution < 1.29 is 9.59 Å². The Hall–Kier alpha value is -3.00. The summed E-state index contributed by atoms with van der Waals surface area (Å²) in [6, 6.07) is 7.99. The fourth-order valence-electron chi connectivity index (χ4n) is 2.74. The number of nitrogens with one attached hydrogen (secondary N) is 2. The van der Waals surface area contributed by atoms with Gasteiger partial charge in [-0.3, -0.25) is 14.9 Å². The summed E-state index contributed by atoms with van der Waals surface area (Å²) in [6.07, 6.45) is 2.55. The van der Waals surface area contributed by atoms with Crippen LogP contribution in [0.4, 0.5) is 5.13 Å². The van der Waals surface area contributed by atoms with E-state index in [0.29, 0.717) is 23.7 Å². The van der Waals surface area contributed by atoms with Gasteiger partial charge in [0.05, 0.1) is 5.69 Å². The molecule has 0 aliphatic carbocycles. The van der Waals surface area contributed by atoms with E-state index in [-0.39, 0.29) is 11.8 Å². The van der Waals surface area contributed by atoms with Crippen LogP contribution in [0.15, 0.2) is 40.9 Å². The molecule has 3 aromatic rings. The van der Waals surface area contributed by atoms with E-state index in [9.17, 15) is 9.59 Å². The van der Waals surface area contributed by atoms with E-state index in [1.165, 1.54) is 16.3 Å². The van der Waals surface area contributed by atoms with Crippen molar-refractivity contribution >= 4 is 44.9 Å². The third kappa shape index (κ3) is 2.91. The molecule has 1 aromatic carbocycles. The largest absolute Gasteiger partial charge is 0.360 e. The standard InChI is InChI=1S/C17H15N5O2S/c1-22-15(23)7-6-13(21-22)16(24)20-17-19-14(9-25-17)11-8-18-12-5-3-2-4-10(11)12/h2-5,8-9,18H,6-7H2,1H3,(H,19,20,24). The van der Waals surface area contributed by atoms with Gasteiger partial charge in [0.2, 0.25) is 5.91 Å². The van der Waals surface area contributed by atoms with Gasteiger partial charge < -0.3 is 4.98 Å². The van der Waals surface area contributed by atoms with Crippen LogP contribution in [0.1, 0.15) is 12.8 Å². The van der Waals surface area contributed by atoms with Gasteiger partial charge in [-0.25, -0.2) is 9.99 Å². The van der Waals surface area contributed by atoms with Gasteiger partial charge in [0, 0.05) is 47.9 Å². The number of para-hydroxylation sites is 1. The van der Waals surface area contributed by atoms with Crippen molar-refractivity contribution in [3.63, 3.8) is 0 Å². The molecule has 2 amide bonds. The van der Waals surface area contributed by atoms with E-state index in [1.54, 1.807) is 7.05 Å². The summed E-state index contributed by atoms with van der Waals surface area (Å²) in [5, 5.41) is 11.5. The molecule has 8 heteroatoms. The minimum Gasteiger partial charge on any atom is -0.360 e. The number of hydrogen-bond donors (Lipinski definition) is 2. The maximum absolute atomic E-state index is 12.3. The van der Waals surface area contributed by atoms with Crippen molar-refractivity contribution in [2.75, 3.05) is 12.4 Å². The number of hydrazone groups is 1. The number of amides is 2. The van der Waals surface area contributed by atoms with Gasteiger partial charge >= 0.3 is 0 Å². The first-order chi connectivity index (χ1) is 12.1. The predicted molar refractivity (Wildman–Crippen MR) is 97.5 cm³/mol. The first kappa shape index (κ1) is 15.5. The highest BCUT2D eigenvalue weighted by Gasteiger charge is 2.22. The third-order valence-corrected chi connectivity index (χ3v) is 4.82. The summed E-state index contributed by atoms with van der Waals surface area (Å²) < 4.78 is 0. The number of benzene rings is 1. The molecular formula is C17H15N5O2S. The maximum Gasteiger partial charge on any atom is 0.273 e. The first-order valence-electron chi connectivity index (χ1n) is 7.79. The van der Waals surface area contributed by atoms with Crippen LogP contribution in [0, 0.1) is 0 Å². The maximum atomic E-state index is 12.3. The Kier molecular flexibility index (Phi) is 3.81. The lowest BCUT2D eigenvalue weighted by Crippen LogP contribution is -2.34. The monoisotopic (exact) mass is 353 g/mol. The lowest BCUT2D eigenvalue weighted by Gasteiger charge is -2.18. The van der Waals surface area contributed by atoms with Crippen molar-refractivity contribution in [1.29, 1.82) is 0 Å². The molecule has 0 atom stereocenters. The summed E-state index contributed by atoms with van der Waals surface area (Å²) >= 11 is 1.36. The number of H-pyrrole nitrogens is 1. The highest BCUT2D eigenvalue weighted by Crippen LogP contribution is 2.30. The number of anilines is 1. The minimum atomic E-state index is -0.320. The predicted octanol–water partition coefficient (Wildman–Crippen LogP) is 2.84. The summed E-state index contributed by atoms with van der Waals surface area (Å²) in [7, 11) is 1.55. The molecule has 2 aromatic heterocycles. The van der Waals surface area contributed by atoms with E-state index in [1.807, 2.05) is 35.8 Å². The highest BCUT2D eigenvalue weighted by molar-refractivity contribution is 7.14. The number of rotatable bonds is 3. The Labute approximate surface area is 147 Å². The second kappa shape index (κ2) is 6.14. The number of thiazole rings is 1. The molecule has 0 spiro atoms. The van der Waals surface area contributed by atoms with Crippen molar-refractivity contribution in [1.82, 2.24) is 15.0 Å². The molecule has 0 bridgehead atoms. The summed E-state index contributed by atoms with van der Waals surface area (Å²) in [6.45, 7) is 0. The van der Waals surface area contributed by atoms with Gasteiger partial charge in [0.25, 0.3) is 5.91 Å². The van der Waals surface area contributed by atoms with E-state index in [4.69, 9.17) is 0 Å². The molecule has 1 aliphatic heterocycles. The van der Waals surface area contributed by atoms with Crippen molar-refractivity contribution in [3.8, 4) is 11.3 Å². The van der Waals surface area contributed by atoms with Crippen molar-refractivity contribution in [2.45, 2.75) is 12.8 Å². The van der Waals surface area contributed by atoms with E-state index in [2.05, 4.69) is 20.4 Å². The summed E-state index contributed by atoms with van der Waals surface area (Å²) in [5.41, 5.74) is 3.18. The fourth-order valence-corrected chi connectivity index (χ4v) is 3.45. The quantitative estimate of drug-likeness (QED) is 0.758. The van der Waals surface area contributed by atoms with Gasteiger partial charge in [0.1, 0.15) is 5.71 Å². The number of aromatic amines is 1. The van der Waals surface area contributed by atoms with E-state index in [0.717, 1.165) is 22.2 Å². The second-order valence-electron chi connectivity index (χ2n) is 5.70. The second-order valence-corrected chi connectivity index (χ2v) is 6.56. The summed E-state index contributed by atoms with van der Waals surface area (Å²) in [5.74, 6) is -0.411. The fraction of sp³-hybridized carbons (Fsp3) is 0.176. The van der Waals surface area contributed by atoms with E-state index < -0.39 is 0 Å². The lowest BCUT2D eigenvalue weighted by molar-refractivity contribution is -0.130. The SMILES string of the molecule is CN1N=C(C(=O)Nc2nc(-c3c[nH]c4ccccc34)cs2)CCC1=O. The molecule has 0 saturated carbocycles. The molecule has 0 unspecified atom stereocenters. The van der Waals surface area contributed by atoms with Crippen LogP contribution in [-0.4, -0.2) is 39.6 Å². The zero-order valence-electron chi connectivity index (χ0n) is 13.4. The average Bonchev–Trinajstić information content (AvgIpc) is 3.23. The topological polar surface area (TPSA) is 90.4 Å². The zero-order chi connectivity index (χ0) is 17.4. The number of aromatic nitrogens is 2. The number of hydrogen-bond acceptors (Lipinski definition) is 5. The highest BCUT2D eigenvalue weighted by atomic mass is 32.1. The van der Waals surface area contributed by atoms with Crippen LogP contribution in [0.3, 0.4) is 0 Å². The number of carbonyl (C=O) groups excluding carboxylic acids is 2. The normalized spacial score (nSPS) is 14.7. The third-order valence-electron chi connectivity index (χ3n) is 4.06. The smallest absolute Gasteiger partial charge is 0.273 e. The van der Waals surface area contributed by atoms with Gasteiger partial charge in [0.15, 0.2) is 5.13 Å². The van der Waals surface area contributed by atoms with E-state index >= 15 is 0 Å². The van der Waals surface area contributed by atoms with Gasteiger partial charge in [-0.2, -0.15) is 5.10 Å². The Morgan fingerprint density at radius 3 is 3.00 bits per heavy atom. The van der Waals surface area contributed by atoms with Crippen LogP contribution < -0.4 is 5.32 Å². The van der Waals surface area contributed by atoms with Crippen molar-refractivity contribution in [2.24, 2.45) is 5.10 Å². The number of nitrogens with zero attached hydrogens (tertiary/aromatic N) is 3. The Balaban J connectivity index is 1.55. The first-order valence-corrected chi connectivity index (χ1v) is 8.67. The molecule has 1 aliphatic rings. The molecule has 7 nitrogen and oxygen atoms in total. The molecule has 0 fully saturated rings. The average molecular weight is 353 g/mol. The molecule has 4 rings (SSSR count). The van der Waals surface area contributed by atoms with Crippen LogP contribution in [0.5, 0.6) is 0 Å². The van der Waals surface area contributed by atoms with Crippen molar-refractivity contribution in [3.05, 3.63) is 35.8 Å². The molecule has 0 radical (unpaired) electrons. The number of carbonyl (C=O) groups is 2. The molecular weight excluding hydrogens is 338 g/mol. The van der Waals surface area contributed by atoms with Crippen LogP contribution in [0.2, 0.25) is 0 Å². The molecule has 126 valence electrons. The zero-order valence-corrected chi connectivity index (χ0v) is 14.3. The molecule has 0 saturated heterocycles.